The number of halogens is 2. The van der Waals surface area contributed by atoms with Crippen LogP contribution >= 0.6 is 34.5 Å². The van der Waals surface area contributed by atoms with E-state index in [2.05, 4.69) is 5.10 Å². The number of carbonyl (C=O) groups is 1. The Bertz CT molecular complexity index is 663. The Kier molecular flexibility index (Phi) is 3.85. The lowest BCUT2D eigenvalue weighted by Crippen LogP contribution is -2.26. The fourth-order valence-corrected chi connectivity index (χ4v) is 2.42. The highest BCUT2D eigenvalue weighted by atomic mass is 35.5. The molecule has 0 aromatic carbocycles. The summed E-state index contributed by atoms with van der Waals surface area (Å²) in [5.41, 5.74) is -0.564. The molecule has 0 aliphatic rings. The summed E-state index contributed by atoms with van der Waals surface area (Å²) in [5, 5.41) is 3.74. The van der Waals surface area contributed by atoms with Crippen molar-refractivity contribution in [2.24, 2.45) is 0 Å². The third-order valence-corrected chi connectivity index (χ3v) is 4.04. The first-order valence-corrected chi connectivity index (χ1v) is 6.57. The van der Waals surface area contributed by atoms with Gasteiger partial charge in [0, 0.05) is 4.88 Å². The average Bonchev–Trinajstić information content (AvgIpc) is 2.77. The van der Waals surface area contributed by atoms with E-state index in [-0.39, 0.29) is 22.4 Å². The molecule has 4 nitrogen and oxygen atoms in total. The molecule has 0 saturated heterocycles. The third-order valence-electron chi connectivity index (χ3n) is 2.25. The van der Waals surface area contributed by atoms with Crippen LogP contribution in [0.2, 0.25) is 10.0 Å². The van der Waals surface area contributed by atoms with E-state index in [0.717, 1.165) is 9.56 Å². The minimum Gasteiger partial charge on any atom is -0.291 e. The maximum absolute atomic E-state index is 11.9. The first-order chi connectivity index (χ1) is 8.49. The first-order valence-electron chi connectivity index (χ1n) is 5.00. The summed E-state index contributed by atoms with van der Waals surface area (Å²) in [6.45, 7) is 1.76. The van der Waals surface area contributed by atoms with Crippen molar-refractivity contribution in [3.63, 3.8) is 0 Å². The maximum Gasteiger partial charge on any atom is 0.287 e. The number of aromatic nitrogens is 2. The van der Waals surface area contributed by atoms with Gasteiger partial charge >= 0.3 is 0 Å². The van der Waals surface area contributed by atoms with Gasteiger partial charge in [0.05, 0.1) is 16.1 Å². The minimum atomic E-state index is -0.564. The summed E-state index contributed by atoms with van der Waals surface area (Å²) < 4.78 is 1.01. The molecule has 0 unspecified atom stereocenters. The average molecular weight is 303 g/mol. The zero-order valence-corrected chi connectivity index (χ0v) is 11.6. The summed E-state index contributed by atoms with van der Waals surface area (Å²) >= 11 is 12.7. The predicted molar refractivity (Wildman–Crippen MR) is 71.9 cm³/mol. The largest absolute Gasteiger partial charge is 0.291 e. The van der Waals surface area contributed by atoms with E-state index in [9.17, 15) is 9.59 Å². The molecule has 2 aromatic rings. The number of rotatable bonds is 3. The van der Waals surface area contributed by atoms with Gasteiger partial charge in [0.25, 0.3) is 5.56 Å². The highest BCUT2D eigenvalue weighted by molar-refractivity contribution is 7.14. The topological polar surface area (TPSA) is 52.0 Å². The fraction of sp³-hybridized carbons (Fsp3) is 0.182. The Balaban J connectivity index is 2.28. The quantitative estimate of drug-likeness (QED) is 0.819. The third kappa shape index (κ3) is 2.63. The number of hydrogen-bond donors (Lipinski definition) is 0. The molecule has 0 aliphatic heterocycles. The molecule has 0 amide bonds. The first kappa shape index (κ1) is 13.3. The van der Waals surface area contributed by atoms with E-state index in [1.165, 1.54) is 17.5 Å². The number of hydrogen-bond acceptors (Lipinski definition) is 4. The second kappa shape index (κ2) is 5.22. The Hall–Kier alpha value is -1.17. The summed E-state index contributed by atoms with van der Waals surface area (Å²) in [5.74, 6) is -0.180. The van der Waals surface area contributed by atoms with Crippen LogP contribution < -0.4 is 5.56 Å². The SMILES string of the molecule is Cc1ccc(C(=O)Cn2ncc(Cl)c(Cl)c2=O)s1. The minimum absolute atomic E-state index is 0.0809. The predicted octanol–water partition coefficient (Wildman–Crippen LogP) is 2.80. The number of Topliss-reactive ketones (excluding diaryl/α,β-unsaturated/α-hetero) is 1. The lowest BCUT2D eigenvalue weighted by molar-refractivity contribution is 0.0969. The summed E-state index contributed by atoms with van der Waals surface area (Å²) in [7, 11) is 0. The molecule has 2 rings (SSSR count). The van der Waals surface area contributed by atoms with E-state index in [4.69, 9.17) is 23.2 Å². The van der Waals surface area contributed by atoms with Gasteiger partial charge in [0.1, 0.15) is 11.6 Å². The van der Waals surface area contributed by atoms with Crippen LogP contribution in [0.1, 0.15) is 14.5 Å². The van der Waals surface area contributed by atoms with Crippen molar-refractivity contribution in [2.75, 3.05) is 0 Å². The van der Waals surface area contributed by atoms with Crippen molar-refractivity contribution >= 4 is 40.3 Å². The van der Waals surface area contributed by atoms with Crippen LogP contribution in [0.5, 0.6) is 0 Å². The van der Waals surface area contributed by atoms with Crippen LogP contribution in [0.15, 0.2) is 23.1 Å². The van der Waals surface area contributed by atoms with Gasteiger partial charge in [-0.3, -0.25) is 9.59 Å². The molecular formula is C11H8Cl2N2O2S. The molecule has 94 valence electrons. The molecule has 0 fully saturated rings. The zero-order chi connectivity index (χ0) is 13.3. The number of aryl methyl sites for hydroxylation is 1. The summed E-state index contributed by atoms with van der Waals surface area (Å²) in [4.78, 5) is 25.2. The van der Waals surface area contributed by atoms with Crippen LogP contribution in [0.25, 0.3) is 0 Å². The van der Waals surface area contributed by atoms with Crippen LogP contribution in [0, 0.1) is 6.92 Å². The van der Waals surface area contributed by atoms with Crippen LogP contribution in [0.4, 0.5) is 0 Å². The van der Waals surface area contributed by atoms with Crippen molar-refractivity contribution in [1.82, 2.24) is 9.78 Å². The van der Waals surface area contributed by atoms with Crippen LogP contribution in [0.3, 0.4) is 0 Å². The van der Waals surface area contributed by atoms with Gasteiger partial charge in [-0.1, -0.05) is 23.2 Å². The van der Waals surface area contributed by atoms with E-state index in [1.54, 1.807) is 6.07 Å². The molecule has 0 spiro atoms. The zero-order valence-electron chi connectivity index (χ0n) is 9.31. The smallest absolute Gasteiger partial charge is 0.287 e. The lowest BCUT2D eigenvalue weighted by atomic mass is 10.3. The monoisotopic (exact) mass is 302 g/mol. The summed E-state index contributed by atoms with van der Waals surface area (Å²) in [6.07, 6.45) is 1.25. The van der Waals surface area contributed by atoms with Gasteiger partial charge in [0.15, 0.2) is 5.78 Å². The Labute approximate surface area is 117 Å². The van der Waals surface area contributed by atoms with Gasteiger partial charge in [-0.25, -0.2) is 4.68 Å². The van der Waals surface area contributed by atoms with Crippen LogP contribution in [-0.2, 0) is 6.54 Å². The van der Waals surface area contributed by atoms with Gasteiger partial charge in [-0.15, -0.1) is 11.3 Å². The molecule has 0 aliphatic carbocycles. The normalized spacial score (nSPS) is 10.6. The van der Waals surface area contributed by atoms with E-state index in [1.807, 2.05) is 13.0 Å². The highest BCUT2D eigenvalue weighted by Gasteiger charge is 2.13. The van der Waals surface area contributed by atoms with Gasteiger partial charge in [-0.2, -0.15) is 5.10 Å². The molecule has 18 heavy (non-hydrogen) atoms. The standard InChI is InChI=1S/C11H8Cl2N2O2S/c1-6-2-3-9(18-6)8(16)5-15-11(17)10(13)7(12)4-14-15/h2-4H,5H2,1H3. The molecule has 0 bridgehead atoms. The van der Waals surface area contributed by atoms with Crippen molar-refractivity contribution in [3.8, 4) is 0 Å². The van der Waals surface area contributed by atoms with E-state index in [0.29, 0.717) is 4.88 Å². The molecule has 0 saturated carbocycles. The van der Waals surface area contributed by atoms with Crippen LogP contribution in [-0.4, -0.2) is 15.6 Å². The van der Waals surface area contributed by atoms with Gasteiger partial charge in [-0.05, 0) is 19.1 Å². The molecular weight excluding hydrogens is 295 g/mol. The number of carbonyl (C=O) groups excluding carboxylic acids is 1. The summed E-state index contributed by atoms with van der Waals surface area (Å²) in [6, 6.07) is 3.58. The molecule has 7 heteroatoms. The van der Waals surface area contributed by atoms with Crippen molar-refractivity contribution in [1.29, 1.82) is 0 Å². The molecule has 0 N–H and O–H groups in total. The van der Waals surface area contributed by atoms with Gasteiger partial charge < -0.3 is 0 Å². The Morgan fingerprint density at radius 3 is 2.78 bits per heavy atom. The maximum atomic E-state index is 11.9. The highest BCUT2D eigenvalue weighted by Crippen LogP contribution is 2.17. The van der Waals surface area contributed by atoms with Crippen molar-refractivity contribution in [2.45, 2.75) is 13.5 Å². The lowest BCUT2D eigenvalue weighted by Gasteiger charge is -2.03. The Morgan fingerprint density at radius 1 is 1.44 bits per heavy atom. The molecule has 0 atom stereocenters. The molecule has 2 heterocycles. The van der Waals surface area contributed by atoms with E-state index >= 15 is 0 Å². The Morgan fingerprint density at radius 2 is 2.17 bits per heavy atom. The fourth-order valence-electron chi connectivity index (χ4n) is 1.36. The second-order valence-corrected chi connectivity index (χ2v) is 5.68. The van der Waals surface area contributed by atoms with Crippen molar-refractivity contribution in [3.05, 3.63) is 48.5 Å². The van der Waals surface area contributed by atoms with Crippen molar-refractivity contribution < 1.29 is 4.79 Å². The molecule has 0 radical (unpaired) electrons. The number of ketones is 1. The van der Waals surface area contributed by atoms with Gasteiger partial charge in [0.2, 0.25) is 0 Å². The van der Waals surface area contributed by atoms with E-state index < -0.39 is 5.56 Å². The number of nitrogens with zero attached hydrogens (tertiary/aromatic N) is 2. The second-order valence-electron chi connectivity index (χ2n) is 3.60. The molecule has 2 aromatic heterocycles. The number of thiophene rings is 1.